The van der Waals surface area contributed by atoms with Crippen molar-refractivity contribution in [2.45, 2.75) is 11.3 Å². The number of carbonyl (C=O) groups is 1. The summed E-state index contributed by atoms with van der Waals surface area (Å²) in [7, 11) is -3.66. The number of aromatic nitrogens is 2. The minimum Gasteiger partial charge on any atom is -0.296 e. The number of amides is 1. The fraction of sp³-hybridized carbons (Fsp3) is 0.118. The van der Waals surface area contributed by atoms with Crippen LogP contribution in [0.1, 0.15) is 15.4 Å². The summed E-state index contributed by atoms with van der Waals surface area (Å²) in [6.07, 6.45) is 0.116. The predicted octanol–water partition coefficient (Wildman–Crippen LogP) is 4.77. The highest BCUT2D eigenvalue weighted by Gasteiger charge is 2.20. The average molecular weight is 477 g/mol. The summed E-state index contributed by atoms with van der Waals surface area (Å²) in [5.74, 6) is -0.646. The van der Waals surface area contributed by atoms with Crippen molar-refractivity contribution in [1.29, 1.82) is 0 Å². The third-order valence-corrected chi connectivity index (χ3v) is 7.27. The molecule has 0 saturated heterocycles. The van der Waals surface area contributed by atoms with Crippen LogP contribution in [0, 0.1) is 0 Å². The second-order valence-corrected chi connectivity index (χ2v) is 9.97. The number of sulfone groups is 1. The Morgan fingerprint density at radius 1 is 1.04 bits per heavy atom. The summed E-state index contributed by atoms with van der Waals surface area (Å²) in [6, 6.07) is 10.9. The van der Waals surface area contributed by atoms with Gasteiger partial charge in [-0.2, -0.15) is 0 Å². The normalized spacial score (nSPS) is 11.4. The summed E-state index contributed by atoms with van der Waals surface area (Å²) in [5, 5.41) is 11.8. The molecule has 11 heteroatoms. The molecule has 0 fully saturated rings. The number of aryl methyl sites for hydroxylation is 1. The third-order valence-electron chi connectivity index (χ3n) is 3.62. The lowest BCUT2D eigenvalue weighted by molar-refractivity contribution is 0.102. The van der Waals surface area contributed by atoms with E-state index in [1.807, 2.05) is 0 Å². The maximum Gasteiger partial charge on any atom is 0.259 e. The molecule has 2 aromatic carbocycles. The van der Waals surface area contributed by atoms with E-state index in [0.717, 1.165) is 11.3 Å². The van der Waals surface area contributed by atoms with Gasteiger partial charge in [-0.3, -0.25) is 10.1 Å². The molecule has 0 radical (unpaired) electrons. The average Bonchev–Trinajstić information content (AvgIpc) is 3.10. The Labute approximate surface area is 180 Å². The van der Waals surface area contributed by atoms with Crippen LogP contribution < -0.4 is 5.32 Å². The summed E-state index contributed by atoms with van der Waals surface area (Å²) in [6.45, 7) is 0. The minimum atomic E-state index is -3.66. The molecule has 146 valence electrons. The maximum atomic E-state index is 12.5. The van der Waals surface area contributed by atoms with Gasteiger partial charge in [-0.15, -0.1) is 10.2 Å². The first-order valence-corrected chi connectivity index (χ1v) is 11.4. The van der Waals surface area contributed by atoms with Gasteiger partial charge in [0, 0.05) is 11.4 Å². The Kier molecular flexibility index (Phi) is 6.57. The second kappa shape index (κ2) is 8.75. The molecule has 1 amide bonds. The van der Waals surface area contributed by atoms with Gasteiger partial charge < -0.3 is 0 Å². The van der Waals surface area contributed by atoms with Crippen molar-refractivity contribution >= 4 is 67.0 Å². The fourth-order valence-corrected chi connectivity index (χ4v) is 5.41. The Hall–Kier alpha value is -1.71. The molecule has 0 spiro atoms. The molecule has 28 heavy (non-hydrogen) atoms. The molecular formula is C17H12Cl3N3O3S2. The first-order chi connectivity index (χ1) is 13.3. The first kappa shape index (κ1) is 21.0. The predicted molar refractivity (Wildman–Crippen MR) is 112 cm³/mol. The first-order valence-electron chi connectivity index (χ1n) is 7.82. The number of carbonyl (C=O) groups excluding carboxylic acids is 1. The highest BCUT2D eigenvalue weighted by atomic mass is 35.5. The summed E-state index contributed by atoms with van der Waals surface area (Å²) in [5.41, 5.74) is 0.305. The summed E-state index contributed by atoms with van der Waals surface area (Å²) in [4.78, 5) is 12.2. The lowest BCUT2D eigenvalue weighted by Gasteiger charge is -2.06. The van der Waals surface area contributed by atoms with E-state index >= 15 is 0 Å². The van der Waals surface area contributed by atoms with E-state index in [9.17, 15) is 13.2 Å². The highest BCUT2D eigenvalue weighted by molar-refractivity contribution is 7.91. The van der Waals surface area contributed by atoms with E-state index < -0.39 is 15.7 Å². The molecule has 0 aliphatic heterocycles. The summed E-state index contributed by atoms with van der Waals surface area (Å²) >= 11 is 18.9. The molecule has 0 bridgehead atoms. The quantitative estimate of drug-likeness (QED) is 0.554. The van der Waals surface area contributed by atoms with Gasteiger partial charge in [0.15, 0.2) is 9.84 Å². The van der Waals surface area contributed by atoms with Crippen LogP contribution in [-0.4, -0.2) is 30.3 Å². The molecule has 3 aromatic rings. The van der Waals surface area contributed by atoms with Crippen LogP contribution in [0.25, 0.3) is 0 Å². The van der Waals surface area contributed by atoms with E-state index in [1.54, 1.807) is 24.3 Å². The maximum absolute atomic E-state index is 12.5. The van der Waals surface area contributed by atoms with Gasteiger partial charge in [0.1, 0.15) is 5.01 Å². The number of nitrogens with one attached hydrogen (secondary N) is 1. The zero-order valence-electron chi connectivity index (χ0n) is 14.0. The van der Waals surface area contributed by atoms with Gasteiger partial charge in [-0.1, -0.05) is 58.3 Å². The fourth-order valence-electron chi connectivity index (χ4n) is 2.26. The Bertz CT molecular complexity index is 1130. The van der Waals surface area contributed by atoms with Crippen molar-refractivity contribution in [3.8, 4) is 0 Å². The molecule has 1 aromatic heterocycles. The van der Waals surface area contributed by atoms with Gasteiger partial charge in [0.25, 0.3) is 5.91 Å². The van der Waals surface area contributed by atoms with Crippen LogP contribution in [0.4, 0.5) is 5.13 Å². The van der Waals surface area contributed by atoms with Crippen molar-refractivity contribution in [2.24, 2.45) is 0 Å². The molecule has 1 N–H and O–H groups in total. The van der Waals surface area contributed by atoms with Gasteiger partial charge in [0.2, 0.25) is 5.13 Å². The number of benzene rings is 2. The third kappa shape index (κ3) is 5.01. The van der Waals surface area contributed by atoms with Crippen molar-refractivity contribution in [3.63, 3.8) is 0 Å². The molecule has 0 aliphatic rings. The lowest BCUT2D eigenvalue weighted by atomic mass is 10.2. The number of halogens is 3. The number of hydrogen-bond acceptors (Lipinski definition) is 6. The molecule has 0 atom stereocenters. The molecule has 3 rings (SSSR count). The van der Waals surface area contributed by atoms with Crippen LogP contribution in [-0.2, 0) is 16.3 Å². The van der Waals surface area contributed by atoms with Crippen LogP contribution in [0.2, 0.25) is 15.1 Å². The van der Waals surface area contributed by atoms with Gasteiger partial charge in [-0.05, 0) is 30.3 Å². The summed E-state index contributed by atoms with van der Waals surface area (Å²) < 4.78 is 25.0. The molecule has 0 unspecified atom stereocenters. The Balaban J connectivity index is 1.67. The van der Waals surface area contributed by atoms with Crippen molar-refractivity contribution in [1.82, 2.24) is 10.2 Å². The SMILES string of the molecule is O=C(Nc1nnc(CCS(=O)(=O)c2cc(Cl)ccc2Cl)s1)c1ccccc1Cl. The highest BCUT2D eigenvalue weighted by Crippen LogP contribution is 2.27. The van der Waals surface area contributed by atoms with E-state index in [2.05, 4.69) is 15.5 Å². The number of anilines is 1. The van der Waals surface area contributed by atoms with Crippen molar-refractivity contribution in [3.05, 3.63) is 68.1 Å². The van der Waals surface area contributed by atoms with Crippen LogP contribution >= 0.6 is 46.1 Å². The topological polar surface area (TPSA) is 89.0 Å². The zero-order valence-corrected chi connectivity index (χ0v) is 17.9. The van der Waals surface area contributed by atoms with Gasteiger partial charge in [-0.25, -0.2) is 8.42 Å². The molecular weight excluding hydrogens is 465 g/mol. The van der Waals surface area contributed by atoms with Crippen molar-refractivity contribution < 1.29 is 13.2 Å². The van der Waals surface area contributed by atoms with E-state index in [0.29, 0.717) is 15.6 Å². The second-order valence-electron chi connectivity index (χ2n) is 5.58. The molecule has 1 heterocycles. The van der Waals surface area contributed by atoms with Crippen molar-refractivity contribution in [2.75, 3.05) is 11.1 Å². The smallest absolute Gasteiger partial charge is 0.259 e. The number of hydrogen-bond donors (Lipinski definition) is 1. The lowest BCUT2D eigenvalue weighted by Crippen LogP contribution is -2.12. The van der Waals surface area contributed by atoms with E-state index in [-0.39, 0.29) is 32.2 Å². The van der Waals surface area contributed by atoms with E-state index in [1.165, 1.54) is 18.2 Å². The van der Waals surface area contributed by atoms with Gasteiger partial charge in [0.05, 0.1) is 26.3 Å². The largest absolute Gasteiger partial charge is 0.296 e. The van der Waals surface area contributed by atoms with Crippen LogP contribution in [0.5, 0.6) is 0 Å². The monoisotopic (exact) mass is 475 g/mol. The number of nitrogens with zero attached hydrogens (tertiary/aromatic N) is 2. The van der Waals surface area contributed by atoms with Crippen LogP contribution in [0.15, 0.2) is 47.4 Å². The van der Waals surface area contributed by atoms with Gasteiger partial charge >= 0.3 is 0 Å². The molecule has 6 nitrogen and oxygen atoms in total. The zero-order chi connectivity index (χ0) is 20.3. The Morgan fingerprint density at radius 3 is 2.54 bits per heavy atom. The van der Waals surface area contributed by atoms with Crippen LogP contribution in [0.3, 0.4) is 0 Å². The van der Waals surface area contributed by atoms with E-state index in [4.69, 9.17) is 34.8 Å². The Morgan fingerprint density at radius 2 is 1.79 bits per heavy atom. The minimum absolute atomic E-state index is 0.0292. The number of rotatable bonds is 6. The standard InChI is InChI=1S/C17H12Cl3N3O3S2/c18-10-5-6-13(20)14(9-10)28(25,26)8-7-15-22-23-17(27-15)21-16(24)11-3-1-2-4-12(11)19/h1-6,9H,7-8H2,(H,21,23,24). The molecule has 0 saturated carbocycles. The molecule has 0 aliphatic carbocycles.